The van der Waals surface area contributed by atoms with Gasteiger partial charge in [0.15, 0.2) is 0 Å². The molecule has 0 spiro atoms. The SMILES string of the molecule is CC(C)CC(O)CNC(=O)Nc1ccc(F)cc1Cl. The van der Waals surface area contributed by atoms with Gasteiger partial charge < -0.3 is 15.7 Å². The molecule has 0 aromatic heterocycles. The zero-order valence-corrected chi connectivity index (χ0v) is 11.7. The Labute approximate surface area is 117 Å². The van der Waals surface area contributed by atoms with Crippen molar-refractivity contribution in [2.24, 2.45) is 5.92 Å². The number of aliphatic hydroxyl groups is 1. The summed E-state index contributed by atoms with van der Waals surface area (Å²) in [7, 11) is 0. The van der Waals surface area contributed by atoms with Gasteiger partial charge in [0.1, 0.15) is 5.82 Å². The van der Waals surface area contributed by atoms with Crippen LogP contribution in [0.3, 0.4) is 0 Å². The van der Waals surface area contributed by atoms with Gasteiger partial charge in [0.25, 0.3) is 0 Å². The minimum absolute atomic E-state index is 0.123. The average Bonchev–Trinajstić information content (AvgIpc) is 2.29. The maximum absolute atomic E-state index is 12.8. The molecule has 6 heteroatoms. The van der Waals surface area contributed by atoms with E-state index in [4.69, 9.17) is 11.6 Å². The highest BCUT2D eigenvalue weighted by atomic mass is 35.5. The third-order valence-corrected chi connectivity index (χ3v) is 2.73. The van der Waals surface area contributed by atoms with Crippen LogP contribution in [0.15, 0.2) is 18.2 Å². The number of hydrogen-bond acceptors (Lipinski definition) is 2. The van der Waals surface area contributed by atoms with Gasteiger partial charge in [-0.1, -0.05) is 25.4 Å². The van der Waals surface area contributed by atoms with Gasteiger partial charge in [-0.2, -0.15) is 0 Å². The number of benzene rings is 1. The van der Waals surface area contributed by atoms with Gasteiger partial charge in [0.05, 0.1) is 16.8 Å². The minimum atomic E-state index is -0.588. The molecule has 1 atom stereocenters. The topological polar surface area (TPSA) is 61.4 Å². The molecular formula is C13H18ClFN2O2. The van der Waals surface area contributed by atoms with Crippen LogP contribution in [0.1, 0.15) is 20.3 Å². The molecule has 0 aliphatic rings. The van der Waals surface area contributed by atoms with E-state index in [2.05, 4.69) is 10.6 Å². The number of carbonyl (C=O) groups excluding carboxylic acids is 1. The molecule has 0 radical (unpaired) electrons. The highest BCUT2D eigenvalue weighted by molar-refractivity contribution is 6.33. The van der Waals surface area contributed by atoms with E-state index in [-0.39, 0.29) is 11.6 Å². The number of aliphatic hydroxyl groups excluding tert-OH is 1. The molecule has 1 unspecified atom stereocenters. The molecule has 19 heavy (non-hydrogen) atoms. The van der Waals surface area contributed by atoms with Crippen LogP contribution in [0.4, 0.5) is 14.9 Å². The average molecular weight is 289 g/mol. The summed E-state index contributed by atoms with van der Waals surface area (Å²) in [4.78, 5) is 11.6. The van der Waals surface area contributed by atoms with Crippen LogP contribution in [0, 0.1) is 11.7 Å². The highest BCUT2D eigenvalue weighted by Crippen LogP contribution is 2.22. The largest absolute Gasteiger partial charge is 0.391 e. The van der Waals surface area contributed by atoms with Crippen LogP contribution in [0.2, 0.25) is 5.02 Å². The summed E-state index contributed by atoms with van der Waals surface area (Å²) in [6.07, 6.45) is 0.0202. The predicted molar refractivity (Wildman–Crippen MR) is 73.9 cm³/mol. The standard InChI is InChI=1S/C13H18ClFN2O2/c1-8(2)5-10(18)7-16-13(19)17-12-4-3-9(15)6-11(12)14/h3-4,6,8,10,18H,5,7H2,1-2H3,(H2,16,17,19). The van der Waals surface area contributed by atoms with E-state index in [9.17, 15) is 14.3 Å². The van der Waals surface area contributed by atoms with Crippen LogP contribution in [0.5, 0.6) is 0 Å². The van der Waals surface area contributed by atoms with Gasteiger partial charge in [-0.3, -0.25) is 0 Å². The first kappa shape index (κ1) is 15.7. The zero-order valence-electron chi connectivity index (χ0n) is 10.9. The molecule has 1 aromatic carbocycles. The first-order chi connectivity index (χ1) is 8.88. The van der Waals surface area contributed by atoms with E-state index in [1.807, 2.05) is 13.8 Å². The summed E-state index contributed by atoms with van der Waals surface area (Å²) < 4.78 is 12.8. The summed E-state index contributed by atoms with van der Waals surface area (Å²) in [6, 6.07) is 3.21. The molecule has 0 aliphatic carbocycles. The van der Waals surface area contributed by atoms with Gasteiger partial charge in [0, 0.05) is 6.54 Å². The van der Waals surface area contributed by atoms with E-state index < -0.39 is 18.0 Å². The lowest BCUT2D eigenvalue weighted by molar-refractivity contribution is 0.148. The van der Waals surface area contributed by atoms with Crippen molar-refractivity contribution in [2.45, 2.75) is 26.4 Å². The van der Waals surface area contributed by atoms with Crippen molar-refractivity contribution in [2.75, 3.05) is 11.9 Å². The molecule has 106 valence electrons. The van der Waals surface area contributed by atoms with Crippen LogP contribution in [-0.2, 0) is 0 Å². The summed E-state index contributed by atoms with van der Waals surface area (Å²) in [5, 5.41) is 14.7. The van der Waals surface area contributed by atoms with Crippen molar-refractivity contribution in [3.63, 3.8) is 0 Å². The van der Waals surface area contributed by atoms with Crippen molar-refractivity contribution in [3.8, 4) is 0 Å². The van der Waals surface area contributed by atoms with Crippen molar-refractivity contribution in [1.29, 1.82) is 0 Å². The van der Waals surface area contributed by atoms with Crippen LogP contribution >= 0.6 is 11.6 Å². The normalized spacial score (nSPS) is 12.3. The van der Waals surface area contributed by atoms with Crippen molar-refractivity contribution < 1.29 is 14.3 Å². The Bertz CT molecular complexity index is 441. The van der Waals surface area contributed by atoms with Gasteiger partial charge in [0.2, 0.25) is 0 Å². The predicted octanol–water partition coefficient (Wildman–Crippen LogP) is 3.01. The highest BCUT2D eigenvalue weighted by Gasteiger charge is 2.10. The number of halogens is 2. The Balaban J connectivity index is 2.43. The molecule has 2 amide bonds. The van der Waals surface area contributed by atoms with E-state index in [1.54, 1.807) is 0 Å². The summed E-state index contributed by atoms with van der Waals surface area (Å²) >= 11 is 5.77. The van der Waals surface area contributed by atoms with Crippen LogP contribution in [0.25, 0.3) is 0 Å². The smallest absolute Gasteiger partial charge is 0.319 e. The lowest BCUT2D eigenvalue weighted by Crippen LogP contribution is -2.35. The molecule has 0 aliphatic heterocycles. The molecule has 4 nitrogen and oxygen atoms in total. The first-order valence-electron chi connectivity index (χ1n) is 6.06. The van der Waals surface area contributed by atoms with E-state index >= 15 is 0 Å². The van der Waals surface area contributed by atoms with Crippen molar-refractivity contribution in [1.82, 2.24) is 5.32 Å². The molecule has 0 fully saturated rings. The number of hydrogen-bond donors (Lipinski definition) is 3. The lowest BCUT2D eigenvalue weighted by Gasteiger charge is -2.14. The zero-order chi connectivity index (χ0) is 14.4. The van der Waals surface area contributed by atoms with Gasteiger partial charge >= 0.3 is 6.03 Å². The number of amides is 2. The van der Waals surface area contributed by atoms with Gasteiger partial charge in [-0.25, -0.2) is 9.18 Å². The second kappa shape index (κ2) is 7.31. The number of carbonyl (C=O) groups is 1. The molecule has 1 rings (SSSR count). The Hall–Kier alpha value is -1.33. The van der Waals surface area contributed by atoms with Gasteiger partial charge in [-0.15, -0.1) is 0 Å². The molecule has 3 N–H and O–H groups in total. The monoisotopic (exact) mass is 288 g/mol. The fraction of sp³-hybridized carbons (Fsp3) is 0.462. The Morgan fingerprint density at radius 1 is 1.47 bits per heavy atom. The minimum Gasteiger partial charge on any atom is -0.391 e. The molecule has 0 heterocycles. The summed E-state index contributed by atoms with van der Waals surface area (Å²) in [5.74, 6) is -0.116. The number of nitrogens with one attached hydrogen (secondary N) is 2. The molecule has 0 saturated heterocycles. The maximum atomic E-state index is 12.8. The number of rotatable bonds is 5. The molecule has 0 saturated carbocycles. The van der Waals surface area contributed by atoms with Crippen LogP contribution in [-0.4, -0.2) is 23.8 Å². The lowest BCUT2D eigenvalue weighted by atomic mass is 10.1. The molecular weight excluding hydrogens is 271 g/mol. The van der Waals surface area contributed by atoms with E-state index in [0.29, 0.717) is 18.0 Å². The van der Waals surface area contributed by atoms with Gasteiger partial charge in [-0.05, 0) is 30.5 Å². The third-order valence-electron chi connectivity index (χ3n) is 2.42. The molecule has 0 bridgehead atoms. The second-order valence-electron chi connectivity index (χ2n) is 4.74. The van der Waals surface area contributed by atoms with E-state index in [1.165, 1.54) is 12.1 Å². The third kappa shape index (κ3) is 5.89. The fourth-order valence-corrected chi connectivity index (χ4v) is 1.81. The summed E-state index contributed by atoms with van der Waals surface area (Å²) in [5.41, 5.74) is 0.318. The number of anilines is 1. The maximum Gasteiger partial charge on any atom is 0.319 e. The Morgan fingerprint density at radius 3 is 2.74 bits per heavy atom. The number of urea groups is 1. The van der Waals surface area contributed by atoms with E-state index in [0.717, 1.165) is 6.07 Å². The quantitative estimate of drug-likeness (QED) is 0.780. The van der Waals surface area contributed by atoms with Crippen molar-refractivity contribution >= 4 is 23.3 Å². The first-order valence-corrected chi connectivity index (χ1v) is 6.44. The fourth-order valence-electron chi connectivity index (χ4n) is 1.60. The summed E-state index contributed by atoms with van der Waals surface area (Å²) in [6.45, 7) is 4.13. The van der Waals surface area contributed by atoms with Crippen LogP contribution < -0.4 is 10.6 Å². The molecule has 1 aromatic rings. The Kier molecular flexibility index (Phi) is 6.05. The second-order valence-corrected chi connectivity index (χ2v) is 5.15. The van der Waals surface area contributed by atoms with Crippen molar-refractivity contribution in [3.05, 3.63) is 29.0 Å². The Morgan fingerprint density at radius 2 is 2.16 bits per heavy atom.